The van der Waals surface area contributed by atoms with Crippen LogP contribution in [0.25, 0.3) is 0 Å². The first-order valence-electron chi connectivity index (χ1n) is 5.73. The van der Waals surface area contributed by atoms with E-state index < -0.39 is 5.97 Å². The Bertz CT molecular complexity index is 423. The van der Waals surface area contributed by atoms with Crippen molar-refractivity contribution < 1.29 is 14.6 Å². The first kappa shape index (κ1) is 14.8. The molecule has 0 amide bonds. The number of anilines is 1. The summed E-state index contributed by atoms with van der Waals surface area (Å²) in [5, 5.41) is 8.84. The van der Waals surface area contributed by atoms with Crippen molar-refractivity contribution >= 4 is 27.6 Å². The van der Waals surface area contributed by atoms with Gasteiger partial charge in [-0.05, 0) is 40.5 Å². The molecule has 0 spiro atoms. The maximum atomic E-state index is 10.7. The number of halogens is 1. The summed E-state index contributed by atoms with van der Waals surface area (Å²) in [6, 6.07) is 5.80. The molecule has 0 aromatic heterocycles. The van der Waals surface area contributed by atoms with E-state index in [0.717, 1.165) is 15.9 Å². The minimum atomic E-state index is -0.751. The van der Waals surface area contributed by atoms with Crippen LogP contribution in [0.5, 0.6) is 5.75 Å². The lowest BCUT2D eigenvalue weighted by molar-refractivity contribution is -0.141. The number of carboxylic acid groups (broad SMARTS) is 1. The van der Waals surface area contributed by atoms with Crippen LogP contribution in [0.15, 0.2) is 22.7 Å². The van der Waals surface area contributed by atoms with Gasteiger partial charge in [0.2, 0.25) is 0 Å². The van der Waals surface area contributed by atoms with E-state index in [2.05, 4.69) is 15.9 Å². The van der Waals surface area contributed by atoms with Gasteiger partial charge in [0.1, 0.15) is 5.75 Å². The van der Waals surface area contributed by atoms with Gasteiger partial charge in [0.25, 0.3) is 0 Å². The van der Waals surface area contributed by atoms with Crippen LogP contribution < -0.4 is 9.64 Å². The lowest BCUT2D eigenvalue weighted by atomic mass is 10.1. The van der Waals surface area contributed by atoms with E-state index in [1.54, 1.807) is 14.0 Å². The number of benzene rings is 1. The third-order valence-electron chi connectivity index (χ3n) is 2.90. The highest BCUT2D eigenvalue weighted by Crippen LogP contribution is 2.29. The zero-order valence-corrected chi connectivity index (χ0v) is 12.4. The maximum absolute atomic E-state index is 10.7. The van der Waals surface area contributed by atoms with Crippen molar-refractivity contribution in [2.24, 2.45) is 5.92 Å². The van der Waals surface area contributed by atoms with Gasteiger partial charge in [0.05, 0.1) is 17.5 Å². The fourth-order valence-electron chi connectivity index (χ4n) is 1.53. The molecule has 0 aliphatic rings. The van der Waals surface area contributed by atoms with Gasteiger partial charge in [-0.3, -0.25) is 4.79 Å². The second-order valence-electron chi connectivity index (χ2n) is 4.27. The number of hydrogen-bond donors (Lipinski definition) is 1. The van der Waals surface area contributed by atoms with Gasteiger partial charge >= 0.3 is 5.97 Å². The fraction of sp³-hybridized carbons (Fsp3) is 0.462. The number of nitrogens with zero attached hydrogens (tertiary/aromatic N) is 1. The lowest BCUT2D eigenvalue weighted by Gasteiger charge is -2.21. The first-order chi connectivity index (χ1) is 8.45. The summed E-state index contributed by atoms with van der Waals surface area (Å²) in [7, 11) is 3.57. The Hall–Kier alpha value is -1.23. The predicted octanol–water partition coefficient (Wildman–Crippen LogP) is 3.00. The van der Waals surface area contributed by atoms with Crippen molar-refractivity contribution in [1.29, 1.82) is 0 Å². The molecular weight excluding hydrogens is 298 g/mol. The minimum Gasteiger partial charge on any atom is -0.496 e. The Morgan fingerprint density at radius 3 is 2.72 bits per heavy atom. The molecule has 1 atom stereocenters. The molecular formula is C13H18BrNO3. The monoisotopic (exact) mass is 315 g/mol. The number of aliphatic carboxylic acids is 1. The molecule has 1 unspecified atom stereocenters. The van der Waals surface area contributed by atoms with Gasteiger partial charge in [-0.1, -0.05) is 6.92 Å². The van der Waals surface area contributed by atoms with E-state index in [1.165, 1.54) is 0 Å². The molecule has 0 saturated heterocycles. The number of carbonyl (C=O) groups is 1. The SMILES string of the molecule is COc1ccc(N(C)CCC(C)C(=O)O)cc1Br. The van der Waals surface area contributed by atoms with Crippen molar-refractivity contribution in [1.82, 2.24) is 0 Å². The summed E-state index contributed by atoms with van der Waals surface area (Å²) in [5.74, 6) is -0.292. The van der Waals surface area contributed by atoms with Crippen molar-refractivity contribution in [2.45, 2.75) is 13.3 Å². The third-order valence-corrected chi connectivity index (χ3v) is 3.51. The molecule has 18 heavy (non-hydrogen) atoms. The van der Waals surface area contributed by atoms with Crippen LogP contribution in [0, 0.1) is 5.92 Å². The Balaban J connectivity index is 2.64. The molecule has 1 aromatic carbocycles. The molecule has 0 aliphatic carbocycles. The summed E-state index contributed by atoms with van der Waals surface area (Å²) < 4.78 is 6.06. The average Bonchev–Trinajstić information content (AvgIpc) is 2.35. The highest BCUT2D eigenvalue weighted by Gasteiger charge is 2.12. The molecule has 5 heteroatoms. The van der Waals surface area contributed by atoms with E-state index in [-0.39, 0.29) is 5.92 Å². The minimum absolute atomic E-state index is 0.325. The van der Waals surface area contributed by atoms with E-state index >= 15 is 0 Å². The van der Waals surface area contributed by atoms with E-state index in [9.17, 15) is 4.79 Å². The fourth-order valence-corrected chi connectivity index (χ4v) is 2.06. The standard InChI is InChI=1S/C13H18BrNO3/c1-9(13(16)17)6-7-15(2)10-4-5-12(18-3)11(14)8-10/h4-5,8-9H,6-7H2,1-3H3,(H,16,17). The average molecular weight is 316 g/mol. The molecule has 0 heterocycles. The first-order valence-corrected chi connectivity index (χ1v) is 6.52. The molecule has 1 N–H and O–H groups in total. The zero-order chi connectivity index (χ0) is 13.7. The Morgan fingerprint density at radius 1 is 1.56 bits per heavy atom. The predicted molar refractivity (Wildman–Crippen MR) is 75.4 cm³/mol. The number of hydrogen-bond acceptors (Lipinski definition) is 3. The van der Waals surface area contributed by atoms with Gasteiger partial charge in [0, 0.05) is 19.3 Å². The van der Waals surface area contributed by atoms with Gasteiger partial charge in [0.15, 0.2) is 0 Å². The third kappa shape index (κ3) is 3.91. The second-order valence-corrected chi connectivity index (χ2v) is 5.12. The highest BCUT2D eigenvalue weighted by molar-refractivity contribution is 9.10. The molecule has 0 bridgehead atoms. The van der Waals surface area contributed by atoms with E-state index in [4.69, 9.17) is 9.84 Å². The van der Waals surface area contributed by atoms with Gasteiger partial charge in [-0.2, -0.15) is 0 Å². The molecule has 0 aliphatic heterocycles. The maximum Gasteiger partial charge on any atom is 0.306 e. The Kier molecular flexibility index (Phi) is 5.47. The summed E-state index contributed by atoms with van der Waals surface area (Å²) in [6.45, 7) is 2.42. The van der Waals surface area contributed by atoms with Crippen LogP contribution in [-0.2, 0) is 4.79 Å². The van der Waals surface area contributed by atoms with Crippen LogP contribution >= 0.6 is 15.9 Å². The second kappa shape index (κ2) is 6.64. The van der Waals surface area contributed by atoms with Crippen molar-refractivity contribution in [3.8, 4) is 5.75 Å². The summed E-state index contributed by atoms with van der Waals surface area (Å²) in [6.07, 6.45) is 0.621. The Labute approximate surface area is 116 Å². The van der Waals surface area contributed by atoms with Crippen LogP contribution in [0.1, 0.15) is 13.3 Å². The van der Waals surface area contributed by atoms with E-state index in [0.29, 0.717) is 13.0 Å². The molecule has 4 nitrogen and oxygen atoms in total. The van der Waals surface area contributed by atoms with Crippen LogP contribution in [0.2, 0.25) is 0 Å². The van der Waals surface area contributed by atoms with Gasteiger partial charge in [-0.15, -0.1) is 0 Å². The van der Waals surface area contributed by atoms with Gasteiger partial charge < -0.3 is 14.7 Å². The molecule has 1 rings (SSSR count). The lowest BCUT2D eigenvalue weighted by Crippen LogP contribution is -2.22. The smallest absolute Gasteiger partial charge is 0.306 e. The number of rotatable bonds is 6. The molecule has 1 aromatic rings. The normalized spacial score (nSPS) is 12.0. The zero-order valence-electron chi connectivity index (χ0n) is 10.8. The van der Waals surface area contributed by atoms with Crippen LogP contribution in [0.4, 0.5) is 5.69 Å². The summed E-state index contributed by atoms with van der Waals surface area (Å²) in [5.41, 5.74) is 1.03. The van der Waals surface area contributed by atoms with Crippen LogP contribution in [-0.4, -0.2) is 31.8 Å². The van der Waals surface area contributed by atoms with Gasteiger partial charge in [-0.25, -0.2) is 0 Å². The number of methoxy groups -OCH3 is 1. The highest BCUT2D eigenvalue weighted by atomic mass is 79.9. The van der Waals surface area contributed by atoms with Crippen molar-refractivity contribution in [2.75, 3.05) is 25.6 Å². The summed E-state index contributed by atoms with van der Waals surface area (Å²) in [4.78, 5) is 12.8. The molecule has 0 radical (unpaired) electrons. The molecule has 100 valence electrons. The largest absolute Gasteiger partial charge is 0.496 e. The summed E-state index contributed by atoms with van der Waals surface area (Å²) >= 11 is 3.43. The quantitative estimate of drug-likeness (QED) is 0.876. The molecule has 0 fully saturated rings. The van der Waals surface area contributed by atoms with E-state index in [1.807, 2.05) is 30.1 Å². The number of ether oxygens (including phenoxy) is 1. The number of carboxylic acids is 1. The Morgan fingerprint density at radius 2 is 2.22 bits per heavy atom. The van der Waals surface area contributed by atoms with Crippen molar-refractivity contribution in [3.05, 3.63) is 22.7 Å². The van der Waals surface area contributed by atoms with Crippen molar-refractivity contribution in [3.63, 3.8) is 0 Å². The molecule has 0 saturated carbocycles. The van der Waals surface area contributed by atoms with Crippen LogP contribution in [0.3, 0.4) is 0 Å². The topological polar surface area (TPSA) is 49.8 Å².